The minimum Gasteiger partial charge on any atom is -0.491 e. The molecule has 5 aliphatic rings. The molecule has 5 unspecified atom stereocenters. The van der Waals surface area contributed by atoms with Crippen molar-refractivity contribution in [1.29, 1.82) is 0 Å². The molecule has 1 fully saturated rings. The summed E-state index contributed by atoms with van der Waals surface area (Å²) in [7, 11) is 0.407. The molecule has 1 saturated heterocycles. The number of fused-ring (bicyclic) bond motifs is 7. The van der Waals surface area contributed by atoms with Crippen molar-refractivity contribution in [3.63, 3.8) is 0 Å². The van der Waals surface area contributed by atoms with Gasteiger partial charge in [0.2, 0.25) is 5.91 Å². The second kappa shape index (κ2) is 16.8. The number of halogens is 2. The van der Waals surface area contributed by atoms with Crippen molar-refractivity contribution in [3.8, 4) is 5.75 Å². The number of likely N-dealkylation sites (N-methyl/N-ethyl adjacent to an activating group) is 1. The number of rotatable bonds is 8. The van der Waals surface area contributed by atoms with E-state index in [1.54, 1.807) is 12.1 Å². The lowest BCUT2D eigenvalue weighted by Gasteiger charge is -2.38. The number of hydrogen-bond acceptors (Lipinski definition) is 7. The summed E-state index contributed by atoms with van der Waals surface area (Å²) < 4.78 is 44.6. The molecule has 4 aliphatic heterocycles. The van der Waals surface area contributed by atoms with E-state index in [4.69, 9.17) is 21.1 Å². The first-order valence-electron chi connectivity index (χ1n) is 18.5. The molecule has 2 aromatic carbocycles. The first-order valence-corrected chi connectivity index (χ1v) is 20.1. The topological polar surface area (TPSA) is 91.4 Å². The zero-order valence-electron chi connectivity index (χ0n) is 30.3. The summed E-state index contributed by atoms with van der Waals surface area (Å²) in [5.74, 6) is 0.337. The fourth-order valence-corrected chi connectivity index (χ4v) is 9.12. The molecule has 278 valence electrons. The van der Waals surface area contributed by atoms with E-state index in [0.717, 1.165) is 43.5 Å². The normalized spacial score (nSPS) is 27.6. The highest BCUT2D eigenvalue weighted by Gasteiger charge is 2.35. The maximum atomic E-state index is 15.4. The predicted molar refractivity (Wildman–Crippen MR) is 200 cm³/mol. The van der Waals surface area contributed by atoms with Crippen LogP contribution in [0.25, 0.3) is 0 Å². The zero-order chi connectivity index (χ0) is 36.2. The van der Waals surface area contributed by atoms with Crippen molar-refractivity contribution < 1.29 is 27.7 Å². The molecule has 0 aromatic heterocycles. The van der Waals surface area contributed by atoms with Gasteiger partial charge in [0.05, 0.1) is 41.8 Å². The number of ether oxygens (including phenoxy) is 2. The summed E-state index contributed by atoms with van der Waals surface area (Å²) in [5.41, 5.74) is 3.96. The second-order valence-electron chi connectivity index (χ2n) is 14.7. The molecule has 4 bridgehead atoms. The third-order valence-electron chi connectivity index (χ3n) is 11.0. The highest BCUT2D eigenvalue weighted by molar-refractivity contribution is 7.84. The van der Waals surface area contributed by atoms with Crippen molar-refractivity contribution in [3.05, 3.63) is 69.5 Å². The minimum absolute atomic E-state index is 0.103. The molecular weight excluding hydrogens is 691 g/mol. The Bertz CT molecular complexity index is 1660. The second-order valence-corrected chi connectivity index (χ2v) is 16.7. The molecule has 9 nitrogen and oxygen atoms in total. The molecular formula is C39H52ClFN4O5S. The van der Waals surface area contributed by atoms with Crippen LogP contribution in [0.15, 0.2) is 42.0 Å². The molecule has 7 rings (SSSR count). The van der Waals surface area contributed by atoms with E-state index in [1.165, 1.54) is 5.57 Å². The smallest absolute Gasteiger partial charge is 0.263 e. The van der Waals surface area contributed by atoms with Gasteiger partial charge in [0.25, 0.3) is 5.91 Å². The lowest BCUT2D eigenvalue weighted by Crippen LogP contribution is -2.50. The lowest BCUT2D eigenvalue weighted by molar-refractivity contribution is -0.136. The average Bonchev–Trinajstić information content (AvgIpc) is 3.27. The summed E-state index contributed by atoms with van der Waals surface area (Å²) in [6, 6.07) is 8.92. The quantitative estimate of drug-likeness (QED) is 0.326. The Morgan fingerprint density at radius 1 is 1.14 bits per heavy atom. The van der Waals surface area contributed by atoms with Crippen LogP contribution in [0.1, 0.15) is 80.3 Å². The van der Waals surface area contributed by atoms with Crippen molar-refractivity contribution in [2.24, 2.45) is 11.8 Å². The number of anilines is 1. The molecule has 2 aromatic rings. The summed E-state index contributed by atoms with van der Waals surface area (Å²) in [4.78, 5) is 32.3. The highest BCUT2D eigenvalue weighted by atomic mass is 35.5. The molecule has 6 atom stereocenters. The van der Waals surface area contributed by atoms with Gasteiger partial charge in [0, 0.05) is 44.2 Å². The van der Waals surface area contributed by atoms with E-state index < -0.39 is 11.0 Å². The molecule has 0 radical (unpaired) electrons. The van der Waals surface area contributed by atoms with E-state index in [-0.39, 0.29) is 51.8 Å². The summed E-state index contributed by atoms with van der Waals surface area (Å²) >= 11 is 6.25. The van der Waals surface area contributed by atoms with Gasteiger partial charge in [0.15, 0.2) is 0 Å². The van der Waals surface area contributed by atoms with Gasteiger partial charge in [-0.05, 0) is 92.5 Å². The number of allylic oxidation sites excluding steroid dienone is 1. The Kier molecular flexibility index (Phi) is 12.4. The van der Waals surface area contributed by atoms with Gasteiger partial charge in [-0.3, -0.25) is 19.2 Å². The van der Waals surface area contributed by atoms with Crippen LogP contribution in [-0.2, 0) is 26.9 Å². The maximum absolute atomic E-state index is 15.4. The Morgan fingerprint density at radius 2 is 1.94 bits per heavy atom. The highest BCUT2D eigenvalue weighted by Crippen LogP contribution is 2.41. The summed E-state index contributed by atoms with van der Waals surface area (Å²) in [5, 5.41) is -0.110. The first kappa shape index (κ1) is 37.8. The molecule has 51 heavy (non-hydrogen) atoms. The van der Waals surface area contributed by atoms with E-state index in [2.05, 4.69) is 22.6 Å². The van der Waals surface area contributed by atoms with Gasteiger partial charge in [-0.25, -0.2) is 8.60 Å². The number of nitrogens with zero attached hydrogens (tertiary/aromatic N) is 3. The summed E-state index contributed by atoms with van der Waals surface area (Å²) in [6.07, 6.45) is 6.79. The van der Waals surface area contributed by atoms with E-state index in [0.29, 0.717) is 75.7 Å². The summed E-state index contributed by atoms with van der Waals surface area (Å²) in [6.45, 7) is 10.7. The van der Waals surface area contributed by atoms with Gasteiger partial charge in [-0.2, -0.15) is 0 Å². The molecule has 2 amide bonds. The predicted octanol–water partition coefficient (Wildman–Crippen LogP) is 6.12. The number of amides is 2. The third-order valence-corrected chi connectivity index (χ3v) is 12.6. The monoisotopic (exact) mass is 742 g/mol. The van der Waals surface area contributed by atoms with Gasteiger partial charge in [-0.1, -0.05) is 50.4 Å². The van der Waals surface area contributed by atoms with E-state index >= 15 is 4.39 Å². The molecule has 0 spiro atoms. The van der Waals surface area contributed by atoms with Crippen LogP contribution in [0.3, 0.4) is 0 Å². The van der Waals surface area contributed by atoms with Crippen LogP contribution in [-0.4, -0.2) is 96.7 Å². The first-order chi connectivity index (χ1) is 24.6. The van der Waals surface area contributed by atoms with Crippen LogP contribution < -0.4 is 14.4 Å². The molecule has 1 aliphatic carbocycles. The van der Waals surface area contributed by atoms with Gasteiger partial charge in [0.1, 0.15) is 22.6 Å². The fourth-order valence-electron chi connectivity index (χ4n) is 8.02. The maximum Gasteiger partial charge on any atom is 0.263 e. The number of carbonyl (C=O) groups is 2. The van der Waals surface area contributed by atoms with E-state index in [1.807, 2.05) is 48.9 Å². The van der Waals surface area contributed by atoms with Gasteiger partial charge < -0.3 is 19.3 Å². The van der Waals surface area contributed by atoms with Crippen molar-refractivity contribution >= 4 is 40.1 Å². The SMILES string of the molecule is CCCc1c(C2COc3ccc4cc3N(CCC(CC)C(OCCN3CCN(C)CC3=O)C3=C[C@@H](C3)CC(C)S(=O)NC4=O)C2)ccc(Cl)c1F. The van der Waals surface area contributed by atoms with Gasteiger partial charge >= 0.3 is 0 Å². The lowest BCUT2D eigenvalue weighted by atomic mass is 9.76. The van der Waals surface area contributed by atoms with Crippen molar-refractivity contribution in [1.82, 2.24) is 14.5 Å². The standard InChI is InChI=1S/C39H52ClFN4O5S/c1-5-7-32-31(9-10-33(40)37(32)41)30-22-45-13-12-27(6-2)38(49-17-16-44-15-14-43(4)23-36(44)46)29-19-26(20-29)18-25(3)51(48)42-39(47)28-8-11-35(50-24-30)34(45)21-28/h8-11,19,21,25-27,30,38H,5-7,12-18,20,22-24H2,1-4H3,(H,42,47)/t25?,26-,27?,30?,38?,51?/m0/s1. The van der Waals surface area contributed by atoms with Crippen LogP contribution in [0.5, 0.6) is 5.75 Å². The Balaban J connectivity index is 1.31. The zero-order valence-corrected chi connectivity index (χ0v) is 31.9. The number of hydrogen-bond donors (Lipinski definition) is 1. The van der Waals surface area contributed by atoms with Crippen LogP contribution in [0.4, 0.5) is 10.1 Å². The van der Waals surface area contributed by atoms with E-state index in [9.17, 15) is 13.8 Å². The number of carbonyl (C=O) groups excluding carboxylic acids is 2. The number of nitrogens with one attached hydrogen (secondary N) is 1. The average molecular weight is 743 g/mol. The fraction of sp³-hybridized carbons (Fsp3) is 0.590. The van der Waals surface area contributed by atoms with Crippen LogP contribution in [0.2, 0.25) is 5.02 Å². The van der Waals surface area contributed by atoms with Gasteiger partial charge in [-0.15, -0.1) is 0 Å². The van der Waals surface area contributed by atoms with Crippen LogP contribution >= 0.6 is 11.6 Å². The molecule has 12 heteroatoms. The largest absolute Gasteiger partial charge is 0.491 e. The Hall–Kier alpha value is -2.99. The third kappa shape index (κ3) is 8.64. The Morgan fingerprint density at radius 3 is 2.69 bits per heavy atom. The molecule has 0 saturated carbocycles. The van der Waals surface area contributed by atoms with Crippen molar-refractivity contribution in [2.75, 3.05) is 64.4 Å². The molecule has 4 heterocycles. The number of benzene rings is 2. The number of piperazine rings is 1. The Labute approximate surface area is 309 Å². The molecule has 1 N–H and O–H groups in total. The van der Waals surface area contributed by atoms with Crippen molar-refractivity contribution in [2.45, 2.75) is 76.6 Å². The van der Waals surface area contributed by atoms with Crippen LogP contribution in [0, 0.1) is 17.7 Å². The minimum atomic E-state index is -1.56.